The third kappa shape index (κ3) is 10.4. The molecule has 12 heteroatoms. The molecular formula is C43H48N2O10. The van der Waals surface area contributed by atoms with Gasteiger partial charge in [-0.1, -0.05) is 66.7 Å². The molecule has 3 unspecified atom stereocenters. The van der Waals surface area contributed by atoms with Crippen LogP contribution in [0.15, 0.2) is 109 Å². The summed E-state index contributed by atoms with van der Waals surface area (Å²) < 4.78 is 29.7. The Balaban J connectivity index is 1.14. The van der Waals surface area contributed by atoms with Crippen molar-refractivity contribution in [3.05, 3.63) is 137 Å². The number of nitrogens with zero attached hydrogens (tertiary/aromatic N) is 2. The van der Waals surface area contributed by atoms with Crippen molar-refractivity contribution in [2.45, 2.75) is 38.3 Å². The third-order valence-corrected chi connectivity index (χ3v) is 9.82. The fraction of sp³-hybridized carbons (Fsp3) is 0.326. The molecule has 0 radical (unpaired) electrons. The van der Waals surface area contributed by atoms with Gasteiger partial charge in [-0.2, -0.15) is 0 Å². The standard InChI is InChI=1S/C43H48N2O10/c1-50-39-11-6-4-9-35(39)29-52-20-7-21-53-37-18-16-32(17-19-37)42-36(26-46)24-44(43(47)33-14-12-30(13-15-33)28-55-45(48)49)25-41(42)54-27-31-22-34-8-3-5-10-38(34)40(23-31)51-2/h3-6,8-19,22-23,36,41-42,46,48-49H,7,20-21,24-29H2,1-2H3. The van der Waals surface area contributed by atoms with Gasteiger partial charge in [0.1, 0.15) is 17.2 Å². The zero-order valence-electron chi connectivity index (χ0n) is 31.1. The Hall–Kier alpha value is -5.05. The highest BCUT2D eigenvalue weighted by Gasteiger charge is 2.40. The summed E-state index contributed by atoms with van der Waals surface area (Å²) in [5.74, 6) is 1.55. The number of rotatable bonds is 18. The van der Waals surface area contributed by atoms with E-state index in [2.05, 4.69) is 10.9 Å². The Labute approximate surface area is 320 Å². The number of carbonyl (C=O) groups is 1. The van der Waals surface area contributed by atoms with Crippen LogP contribution in [-0.4, -0.2) is 85.0 Å². The van der Waals surface area contributed by atoms with Crippen LogP contribution in [0.5, 0.6) is 17.2 Å². The van der Waals surface area contributed by atoms with E-state index in [1.807, 2.05) is 78.9 Å². The maximum absolute atomic E-state index is 13.9. The second kappa shape index (κ2) is 19.5. The van der Waals surface area contributed by atoms with Crippen LogP contribution in [-0.2, 0) is 34.1 Å². The van der Waals surface area contributed by atoms with Crippen molar-refractivity contribution in [1.82, 2.24) is 10.3 Å². The van der Waals surface area contributed by atoms with E-state index in [9.17, 15) is 9.90 Å². The lowest BCUT2D eigenvalue weighted by Gasteiger charge is -2.43. The van der Waals surface area contributed by atoms with Crippen LogP contribution in [0.1, 0.15) is 45.0 Å². The van der Waals surface area contributed by atoms with Crippen molar-refractivity contribution in [2.75, 3.05) is 47.1 Å². The largest absolute Gasteiger partial charge is 0.496 e. The highest BCUT2D eigenvalue weighted by Crippen LogP contribution is 2.37. The van der Waals surface area contributed by atoms with Gasteiger partial charge < -0.3 is 33.7 Å². The van der Waals surface area contributed by atoms with Crippen molar-refractivity contribution in [3.63, 3.8) is 0 Å². The van der Waals surface area contributed by atoms with E-state index in [0.29, 0.717) is 50.5 Å². The number of para-hydroxylation sites is 1. The molecule has 3 atom stereocenters. The zero-order valence-corrected chi connectivity index (χ0v) is 31.1. The number of aliphatic hydroxyl groups is 1. The molecule has 5 aromatic carbocycles. The topological polar surface area (TPSA) is 140 Å². The molecule has 0 saturated carbocycles. The monoisotopic (exact) mass is 752 g/mol. The number of benzene rings is 5. The Morgan fingerprint density at radius 3 is 2.27 bits per heavy atom. The van der Waals surface area contributed by atoms with Gasteiger partial charge in [-0.05, 0) is 64.5 Å². The number of hydrogen-bond donors (Lipinski definition) is 3. The lowest BCUT2D eigenvalue weighted by atomic mass is 9.78. The fourth-order valence-electron chi connectivity index (χ4n) is 7.08. The lowest BCUT2D eigenvalue weighted by molar-refractivity contribution is -0.497. The van der Waals surface area contributed by atoms with Crippen LogP contribution >= 0.6 is 0 Å². The first-order valence-electron chi connectivity index (χ1n) is 18.3. The summed E-state index contributed by atoms with van der Waals surface area (Å²) >= 11 is 0. The summed E-state index contributed by atoms with van der Waals surface area (Å²) in [5.41, 5.74) is 4.00. The molecule has 290 valence electrons. The second-order valence-electron chi connectivity index (χ2n) is 13.4. The van der Waals surface area contributed by atoms with Crippen molar-refractivity contribution < 1.29 is 48.8 Å². The van der Waals surface area contributed by atoms with Crippen LogP contribution in [0, 0.1) is 5.92 Å². The molecule has 1 aliphatic heterocycles. The molecule has 0 spiro atoms. The minimum Gasteiger partial charge on any atom is -0.496 e. The van der Waals surface area contributed by atoms with E-state index in [0.717, 1.165) is 44.7 Å². The van der Waals surface area contributed by atoms with Gasteiger partial charge in [0.05, 0.1) is 58.7 Å². The first-order valence-corrected chi connectivity index (χ1v) is 18.3. The number of carbonyl (C=O) groups excluding carboxylic acids is 1. The van der Waals surface area contributed by atoms with E-state index in [1.165, 1.54) is 0 Å². The summed E-state index contributed by atoms with van der Waals surface area (Å²) in [4.78, 5) is 20.3. The van der Waals surface area contributed by atoms with Gasteiger partial charge in [0, 0.05) is 54.5 Å². The molecule has 5 aromatic rings. The summed E-state index contributed by atoms with van der Waals surface area (Å²) in [6.45, 7) is 2.14. The van der Waals surface area contributed by atoms with Gasteiger partial charge in [-0.3, -0.25) is 15.2 Å². The van der Waals surface area contributed by atoms with Crippen LogP contribution in [0.3, 0.4) is 0 Å². The van der Waals surface area contributed by atoms with Crippen molar-refractivity contribution >= 4 is 16.7 Å². The molecule has 3 N–H and O–H groups in total. The van der Waals surface area contributed by atoms with E-state index in [4.69, 9.17) is 34.1 Å². The molecule has 6 rings (SSSR count). The molecule has 12 nitrogen and oxygen atoms in total. The number of ether oxygens (including phenoxy) is 5. The highest BCUT2D eigenvalue weighted by atomic mass is 17.1. The fourth-order valence-corrected chi connectivity index (χ4v) is 7.08. The van der Waals surface area contributed by atoms with Crippen LogP contribution in [0.4, 0.5) is 0 Å². The van der Waals surface area contributed by atoms with Gasteiger partial charge in [0.25, 0.3) is 5.91 Å². The molecule has 1 fully saturated rings. The second-order valence-corrected chi connectivity index (χ2v) is 13.4. The number of fused-ring (bicyclic) bond motifs is 1. The first kappa shape index (κ1) is 39.6. The smallest absolute Gasteiger partial charge is 0.253 e. The Bertz CT molecular complexity index is 1970. The minimum atomic E-state index is -0.452. The minimum absolute atomic E-state index is 0.0854. The normalized spacial score (nSPS) is 17.1. The van der Waals surface area contributed by atoms with Gasteiger partial charge in [-0.15, -0.1) is 0 Å². The van der Waals surface area contributed by atoms with Crippen molar-refractivity contribution in [2.24, 2.45) is 5.92 Å². The average molecular weight is 753 g/mol. The highest BCUT2D eigenvalue weighted by molar-refractivity contribution is 5.94. The predicted molar refractivity (Wildman–Crippen MR) is 204 cm³/mol. The summed E-state index contributed by atoms with van der Waals surface area (Å²) in [7, 11) is 3.30. The molecule has 1 saturated heterocycles. The molecule has 1 heterocycles. The molecule has 0 aliphatic carbocycles. The van der Waals surface area contributed by atoms with E-state index >= 15 is 0 Å². The average Bonchev–Trinajstić information content (AvgIpc) is 3.23. The molecule has 55 heavy (non-hydrogen) atoms. The molecule has 0 bridgehead atoms. The third-order valence-electron chi connectivity index (χ3n) is 9.82. The Kier molecular flexibility index (Phi) is 14.1. The maximum Gasteiger partial charge on any atom is 0.253 e. The molecule has 1 aliphatic rings. The summed E-state index contributed by atoms with van der Waals surface area (Å²) in [6.07, 6.45) is 0.263. The maximum atomic E-state index is 13.9. The first-order chi connectivity index (χ1) is 26.9. The molecular weight excluding hydrogens is 704 g/mol. The van der Waals surface area contributed by atoms with Gasteiger partial charge in [-0.25, -0.2) is 4.84 Å². The number of hydrogen-bond acceptors (Lipinski definition) is 11. The number of likely N-dealkylation sites (tertiary alicyclic amines) is 1. The van der Waals surface area contributed by atoms with Crippen LogP contribution < -0.4 is 14.2 Å². The van der Waals surface area contributed by atoms with E-state index in [-0.39, 0.29) is 43.0 Å². The van der Waals surface area contributed by atoms with Gasteiger partial charge in [0.2, 0.25) is 0 Å². The molecule has 0 aromatic heterocycles. The van der Waals surface area contributed by atoms with Crippen LogP contribution in [0.2, 0.25) is 0 Å². The Morgan fingerprint density at radius 2 is 1.53 bits per heavy atom. The number of amides is 1. The molecule has 1 amide bonds. The lowest BCUT2D eigenvalue weighted by Crippen LogP contribution is -2.52. The number of piperidine rings is 1. The van der Waals surface area contributed by atoms with Crippen LogP contribution in [0.25, 0.3) is 10.8 Å². The van der Waals surface area contributed by atoms with E-state index in [1.54, 1.807) is 43.4 Å². The zero-order chi connectivity index (χ0) is 38.6. The number of methoxy groups -OCH3 is 2. The van der Waals surface area contributed by atoms with Crippen molar-refractivity contribution in [1.29, 1.82) is 0 Å². The number of aliphatic hydroxyl groups excluding tert-OH is 1. The quantitative estimate of drug-likeness (QED) is 0.0644. The summed E-state index contributed by atoms with van der Waals surface area (Å²) in [6, 6.07) is 34.4. The SMILES string of the molecule is COc1ccccc1COCCCOc1ccc(C2C(CO)CN(C(=O)c3ccc(CON(O)O)cc3)CC2OCc2cc(OC)c3ccccc3c2)cc1. The Morgan fingerprint density at radius 1 is 0.782 bits per heavy atom. The summed E-state index contributed by atoms with van der Waals surface area (Å²) in [5, 5.41) is 30.2. The predicted octanol–water partition coefficient (Wildman–Crippen LogP) is 6.79. The van der Waals surface area contributed by atoms with E-state index < -0.39 is 6.10 Å². The van der Waals surface area contributed by atoms with Gasteiger partial charge >= 0.3 is 0 Å². The van der Waals surface area contributed by atoms with Crippen molar-refractivity contribution in [3.8, 4) is 17.2 Å². The van der Waals surface area contributed by atoms with Gasteiger partial charge in [0.15, 0.2) is 0 Å².